The number of carbonyl (C=O) groups excluding carboxylic acids is 1. The Kier molecular flexibility index (Phi) is 5.29. The van der Waals surface area contributed by atoms with Crippen molar-refractivity contribution in [2.24, 2.45) is 0 Å². The molecule has 2 heterocycles. The Labute approximate surface area is 155 Å². The fraction of sp³-hybridized carbons (Fsp3) is 0.412. The van der Waals surface area contributed by atoms with Gasteiger partial charge in [-0.2, -0.15) is 0 Å². The molecule has 0 saturated carbocycles. The first kappa shape index (κ1) is 17.8. The van der Waals surface area contributed by atoms with Crippen LogP contribution in [0.2, 0.25) is 0 Å². The smallest absolute Gasteiger partial charge is 0.267 e. The molecule has 1 fully saturated rings. The zero-order valence-corrected chi connectivity index (χ0v) is 15.9. The van der Waals surface area contributed by atoms with E-state index in [1.54, 1.807) is 24.9 Å². The third kappa shape index (κ3) is 3.36. The van der Waals surface area contributed by atoms with Crippen LogP contribution in [0.1, 0.15) is 28.9 Å². The van der Waals surface area contributed by atoms with Crippen LogP contribution in [0.3, 0.4) is 0 Å². The normalized spacial score (nSPS) is 14.4. The molecule has 1 aliphatic heterocycles. The van der Waals surface area contributed by atoms with Gasteiger partial charge in [0.05, 0.1) is 19.9 Å². The Bertz CT molecular complexity index is 838. The van der Waals surface area contributed by atoms with E-state index in [0.717, 1.165) is 25.9 Å². The largest absolute Gasteiger partial charge is 0.497 e. The van der Waals surface area contributed by atoms with Gasteiger partial charge in [-0.15, -0.1) is 0 Å². The number of nitrogens with zero attached hydrogens (tertiary/aromatic N) is 2. The lowest BCUT2D eigenvalue weighted by molar-refractivity contribution is 0.0730. The Hall–Kier alpha value is -2.06. The quantitative estimate of drug-likeness (QED) is 0.824. The molecule has 2 aromatic rings. The first-order chi connectivity index (χ1) is 12.1. The van der Waals surface area contributed by atoms with Crippen LogP contribution in [0, 0.1) is 3.95 Å². The summed E-state index contributed by atoms with van der Waals surface area (Å²) in [6.45, 7) is 1.55. The van der Waals surface area contributed by atoms with Crippen LogP contribution in [0.4, 0.5) is 5.82 Å². The van der Waals surface area contributed by atoms with Crippen LogP contribution < -0.4 is 15.2 Å². The topological polar surface area (TPSA) is 69.7 Å². The number of nitrogen functional groups attached to an aromatic ring is 1. The second-order valence-corrected chi connectivity index (χ2v) is 7.45. The molecular weight excluding hydrogens is 358 g/mol. The van der Waals surface area contributed by atoms with E-state index in [-0.39, 0.29) is 5.91 Å². The molecule has 0 atom stereocenters. The fourth-order valence-electron chi connectivity index (χ4n) is 2.98. The maximum absolute atomic E-state index is 12.8. The third-order valence-electron chi connectivity index (χ3n) is 4.31. The van der Waals surface area contributed by atoms with Gasteiger partial charge in [0.1, 0.15) is 22.2 Å². The number of ether oxygens (including phenoxy) is 2. The maximum Gasteiger partial charge on any atom is 0.267 e. The molecule has 134 valence electrons. The van der Waals surface area contributed by atoms with E-state index in [1.807, 2.05) is 17.0 Å². The van der Waals surface area contributed by atoms with Crippen molar-refractivity contribution in [3.05, 3.63) is 27.0 Å². The lowest BCUT2D eigenvalue weighted by atomic mass is 10.1. The van der Waals surface area contributed by atoms with Crippen LogP contribution in [0.5, 0.6) is 11.5 Å². The molecule has 3 rings (SSSR count). The fourth-order valence-corrected chi connectivity index (χ4v) is 4.30. The molecule has 0 unspecified atom stereocenters. The Balaban J connectivity index is 2.03. The van der Waals surface area contributed by atoms with Crippen LogP contribution in [0.25, 0.3) is 5.69 Å². The number of hydrogen-bond donors (Lipinski definition) is 1. The van der Waals surface area contributed by atoms with Gasteiger partial charge in [-0.1, -0.05) is 11.3 Å². The van der Waals surface area contributed by atoms with Crippen LogP contribution in [-0.2, 0) is 0 Å². The zero-order valence-electron chi connectivity index (χ0n) is 14.3. The molecule has 25 heavy (non-hydrogen) atoms. The number of amides is 1. The molecule has 2 N–H and O–H groups in total. The van der Waals surface area contributed by atoms with Crippen molar-refractivity contribution >= 4 is 35.3 Å². The highest BCUT2D eigenvalue weighted by Gasteiger charge is 2.25. The Morgan fingerprint density at radius 1 is 1.20 bits per heavy atom. The molecule has 0 aliphatic carbocycles. The second-order valence-electron chi connectivity index (χ2n) is 5.81. The van der Waals surface area contributed by atoms with Gasteiger partial charge in [-0.25, -0.2) is 0 Å². The van der Waals surface area contributed by atoms with E-state index in [1.165, 1.54) is 17.8 Å². The van der Waals surface area contributed by atoms with E-state index < -0.39 is 0 Å². The number of likely N-dealkylation sites (tertiary alicyclic amines) is 1. The number of nitrogens with two attached hydrogens (primary N) is 1. The summed E-state index contributed by atoms with van der Waals surface area (Å²) in [7, 11) is 3.17. The molecule has 0 radical (unpaired) electrons. The van der Waals surface area contributed by atoms with Gasteiger partial charge in [-0.05, 0) is 43.6 Å². The molecule has 0 bridgehead atoms. The van der Waals surface area contributed by atoms with Gasteiger partial charge in [0.2, 0.25) is 0 Å². The second kappa shape index (κ2) is 7.45. The van der Waals surface area contributed by atoms with E-state index in [9.17, 15) is 4.79 Å². The van der Waals surface area contributed by atoms with Crippen LogP contribution >= 0.6 is 23.6 Å². The van der Waals surface area contributed by atoms with Gasteiger partial charge in [-0.3, -0.25) is 9.36 Å². The highest BCUT2D eigenvalue weighted by Crippen LogP contribution is 2.34. The van der Waals surface area contributed by atoms with Gasteiger partial charge in [0.25, 0.3) is 5.91 Å². The number of aromatic nitrogens is 1. The summed E-state index contributed by atoms with van der Waals surface area (Å²) >= 11 is 6.72. The number of thiazole rings is 1. The summed E-state index contributed by atoms with van der Waals surface area (Å²) in [5.74, 6) is 1.57. The summed E-state index contributed by atoms with van der Waals surface area (Å²) in [4.78, 5) is 15.2. The zero-order chi connectivity index (χ0) is 18.0. The van der Waals surface area contributed by atoms with E-state index in [2.05, 4.69) is 0 Å². The van der Waals surface area contributed by atoms with E-state index >= 15 is 0 Å². The van der Waals surface area contributed by atoms with E-state index in [4.69, 9.17) is 27.4 Å². The minimum absolute atomic E-state index is 0.0421. The predicted molar refractivity (Wildman–Crippen MR) is 102 cm³/mol. The van der Waals surface area contributed by atoms with Gasteiger partial charge >= 0.3 is 0 Å². The molecule has 1 aromatic heterocycles. The number of carbonyl (C=O) groups is 1. The average Bonchev–Trinajstić information content (AvgIpc) is 2.95. The summed E-state index contributed by atoms with van der Waals surface area (Å²) in [5.41, 5.74) is 7.00. The van der Waals surface area contributed by atoms with Gasteiger partial charge in [0, 0.05) is 19.2 Å². The first-order valence-corrected chi connectivity index (χ1v) is 9.32. The van der Waals surface area contributed by atoms with Gasteiger partial charge < -0.3 is 20.1 Å². The maximum atomic E-state index is 12.8. The summed E-state index contributed by atoms with van der Waals surface area (Å²) in [6, 6.07) is 5.40. The Morgan fingerprint density at radius 3 is 2.56 bits per heavy atom. The Morgan fingerprint density at radius 2 is 1.92 bits per heavy atom. The average molecular weight is 380 g/mol. The summed E-state index contributed by atoms with van der Waals surface area (Å²) < 4.78 is 12.9. The van der Waals surface area contributed by atoms with Crippen molar-refractivity contribution in [3.8, 4) is 17.2 Å². The highest BCUT2D eigenvalue weighted by atomic mass is 32.1. The monoisotopic (exact) mass is 379 g/mol. The summed E-state index contributed by atoms with van der Waals surface area (Å²) in [5, 5.41) is 0. The van der Waals surface area contributed by atoms with Crippen molar-refractivity contribution < 1.29 is 14.3 Å². The van der Waals surface area contributed by atoms with Crippen LogP contribution in [0.15, 0.2) is 18.2 Å². The minimum atomic E-state index is -0.0421. The van der Waals surface area contributed by atoms with Crippen molar-refractivity contribution in [1.29, 1.82) is 0 Å². The van der Waals surface area contributed by atoms with Crippen molar-refractivity contribution in [1.82, 2.24) is 9.47 Å². The predicted octanol–water partition coefficient (Wildman–Crippen LogP) is 3.49. The van der Waals surface area contributed by atoms with Crippen molar-refractivity contribution in [3.63, 3.8) is 0 Å². The van der Waals surface area contributed by atoms with E-state index in [0.29, 0.717) is 31.8 Å². The first-order valence-electron chi connectivity index (χ1n) is 8.09. The standard InChI is InChI=1S/C17H21N3O3S2/c1-22-11-6-7-12(13(10-11)23-2)20-15(18)14(25-17(20)24)16(21)19-8-4-3-5-9-19/h6-7,10H,3-5,8-9,18H2,1-2H3. The van der Waals surface area contributed by atoms with Crippen molar-refractivity contribution in [2.45, 2.75) is 19.3 Å². The lowest BCUT2D eigenvalue weighted by Crippen LogP contribution is -2.35. The minimum Gasteiger partial charge on any atom is -0.497 e. The van der Waals surface area contributed by atoms with Crippen molar-refractivity contribution in [2.75, 3.05) is 33.0 Å². The molecule has 1 aliphatic rings. The van der Waals surface area contributed by atoms with Gasteiger partial charge in [0.15, 0.2) is 3.95 Å². The molecule has 8 heteroatoms. The molecule has 1 saturated heterocycles. The highest BCUT2D eigenvalue weighted by molar-refractivity contribution is 7.73. The number of anilines is 1. The lowest BCUT2D eigenvalue weighted by Gasteiger charge is -2.26. The molecule has 0 spiro atoms. The molecule has 6 nitrogen and oxygen atoms in total. The molecular formula is C17H21N3O3S2. The number of benzene rings is 1. The number of piperidine rings is 1. The third-order valence-corrected chi connectivity index (χ3v) is 5.69. The number of rotatable bonds is 4. The summed E-state index contributed by atoms with van der Waals surface area (Å²) in [6.07, 6.45) is 3.23. The molecule has 1 aromatic carbocycles. The SMILES string of the molecule is COc1ccc(-n2c(N)c(C(=O)N3CCCCC3)sc2=S)c(OC)c1. The van der Waals surface area contributed by atoms with Crippen LogP contribution in [-0.4, -0.2) is 42.7 Å². The number of methoxy groups -OCH3 is 2. The number of hydrogen-bond acceptors (Lipinski definition) is 6. The molecule has 1 amide bonds.